The van der Waals surface area contributed by atoms with Crippen molar-refractivity contribution in [1.82, 2.24) is 9.55 Å². The largest absolute Gasteiger partial charge is 0.453 e. The summed E-state index contributed by atoms with van der Waals surface area (Å²) in [5.41, 5.74) is 0.294. The molecule has 2 aliphatic rings. The van der Waals surface area contributed by atoms with Crippen LogP contribution in [0.25, 0.3) is 5.69 Å². The van der Waals surface area contributed by atoms with E-state index in [-0.39, 0.29) is 47.3 Å². The Bertz CT molecular complexity index is 1510. The topological polar surface area (TPSA) is 110 Å². The number of imidazole rings is 1. The molecule has 1 aromatic carbocycles. The number of carbonyl (C=O) groups excluding carboxylic acids is 1. The number of unbranched alkanes of at least 4 members (excludes halogenated alkanes) is 1. The van der Waals surface area contributed by atoms with Gasteiger partial charge in [-0.2, -0.15) is 26.9 Å². The van der Waals surface area contributed by atoms with Gasteiger partial charge in [0, 0.05) is 35.0 Å². The summed E-state index contributed by atoms with van der Waals surface area (Å²) in [5, 5.41) is 2.63. The summed E-state index contributed by atoms with van der Waals surface area (Å²) < 4.78 is 93.9. The number of alkyl halides is 6. The van der Waals surface area contributed by atoms with Gasteiger partial charge in [0.1, 0.15) is 5.69 Å². The fourth-order valence-corrected chi connectivity index (χ4v) is 7.26. The van der Waals surface area contributed by atoms with Gasteiger partial charge in [0.05, 0.1) is 9.10 Å². The lowest BCUT2D eigenvalue weighted by Gasteiger charge is -2.19. The zero-order chi connectivity index (χ0) is 30.6. The number of thioether (sulfide) groups is 1. The number of carbonyl (C=O) groups is 1. The number of amides is 1. The van der Waals surface area contributed by atoms with Crippen LogP contribution in [0.1, 0.15) is 42.7 Å². The van der Waals surface area contributed by atoms with Crippen molar-refractivity contribution in [1.29, 1.82) is 0 Å². The minimum Gasteiger partial charge on any atom is -0.326 e. The minimum absolute atomic E-state index is 0.0241. The summed E-state index contributed by atoms with van der Waals surface area (Å²) >= 11 is 7.89. The number of halogens is 6. The molecule has 0 atom stereocenters. The van der Waals surface area contributed by atoms with E-state index in [0.29, 0.717) is 32.8 Å². The lowest BCUT2D eigenvalue weighted by atomic mass is 10.1. The Balaban J connectivity index is 1.80. The predicted octanol–water partition coefficient (Wildman–Crippen LogP) is 6.57. The molecule has 2 N–H and O–H groups in total. The van der Waals surface area contributed by atoms with Gasteiger partial charge in [0.25, 0.3) is 10.0 Å². The van der Waals surface area contributed by atoms with Crippen LogP contribution in [0.15, 0.2) is 38.2 Å². The molecule has 1 amide bonds. The minimum atomic E-state index is -5.62. The van der Waals surface area contributed by atoms with Gasteiger partial charge in [-0.25, -0.2) is 13.2 Å². The second-order valence-corrected chi connectivity index (χ2v) is 13.6. The van der Waals surface area contributed by atoms with Gasteiger partial charge in [-0.15, -0.1) is 34.7 Å². The average Bonchev–Trinajstić information content (AvgIpc) is 3.20. The van der Waals surface area contributed by atoms with Crippen LogP contribution in [-0.2, 0) is 14.8 Å². The van der Waals surface area contributed by atoms with Crippen LogP contribution in [0.2, 0.25) is 0 Å². The number of hydrogen-bond acceptors (Lipinski definition) is 7. The van der Waals surface area contributed by atoms with Gasteiger partial charge in [-0.05, 0) is 63.1 Å². The van der Waals surface area contributed by atoms with Crippen LogP contribution < -0.4 is 15.7 Å². The van der Waals surface area contributed by atoms with Gasteiger partial charge < -0.3 is 5.32 Å². The number of anilines is 2. The average molecular weight is 661 g/mol. The number of aryl methyl sites for hydroxylation is 1. The van der Waals surface area contributed by atoms with Crippen molar-refractivity contribution in [3.8, 4) is 5.69 Å². The Hall–Kier alpha value is -2.43. The van der Waals surface area contributed by atoms with Crippen molar-refractivity contribution < 1.29 is 35.2 Å². The molecule has 1 aromatic rings. The van der Waals surface area contributed by atoms with E-state index in [1.807, 2.05) is 0 Å². The number of benzene rings is 1. The Morgan fingerprint density at radius 2 is 1.76 bits per heavy atom. The molecule has 8 nitrogen and oxygen atoms in total. The first kappa shape index (κ1) is 33.1. The molecule has 0 bridgehead atoms. The lowest BCUT2D eigenvalue weighted by molar-refractivity contribution is -0.284. The highest BCUT2D eigenvalue weighted by Crippen LogP contribution is 2.41. The number of nitrogens with zero attached hydrogens (tertiary/aromatic N) is 2. The van der Waals surface area contributed by atoms with Crippen LogP contribution in [-0.4, -0.2) is 47.6 Å². The number of nitrogens with one attached hydrogen (secondary N) is 2. The van der Waals surface area contributed by atoms with E-state index in [2.05, 4.69) is 15.0 Å². The van der Waals surface area contributed by atoms with Crippen molar-refractivity contribution >= 4 is 62.1 Å². The number of sulfonamides is 1. The molecule has 0 saturated heterocycles. The third kappa shape index (κ3) is 8.11. The molecule has 0 aliphatic carbocycles. The molecule has 2 aliphatic heterocycles. The van der Waals surface area contributed by atoms with Crippen LogP contribution in [0, 0.1) is 13.8 Å². The molecule has 0 aromatic heterocycles. The highest BCUT2D eigenvalue weighted by Gasteiger charge is 2.56. The monoisotopic (exact) mass is 660 g/mol. The van der Waals surface area contributed by atoms with E-state index in [0.717, 1.165) is 11.8 Å². The number of hydrogen-bond donors (Lipinski definition) is 2. The maximum absolute atomic E-state index is 13.2. The molecule has 0 saturated carbocycles. The first-order chi connectivity index (χ1) is 19.1. The third-order valence-corrected chi connectivity index (χ3v) is 10.0. The van der Waals surface area contributed by atoms with E-state index in [9.17, 15) is 40.0 Å². The molecule has 3 rings (SSSR count). The number of aromatic nitrogens is 2. The Kier molecular flexibility index (Phi) is 10.7. The van der Waals surface area contributed by atoms with Crippen molar-refractivity contribution in [3.63, 3.8) is 0 Å². The molecular formula is C24H26ClF5N4O4S3. The SMILES string of the molecule is Cc1sc(SCCCCC(F)(F)C(F)(F)F)c2c(NS(=O)(=O)c3ccc(NC(=O)CCCCl)cc3)nc(=O)n-2c1C. The van der Waals surface area contributed by atoms with Gasteiger partial charge in [-0.1, -0.05) is 0 Å². The van der Waals surface area contributed by atoms with E-state index in [1.165, 1.54) is 40.2 Å². The van der Waals surface area contributed by atoms with E-state index in [1.54, 1.807) is 13.8 Å². The van der Waals surface area contributed by atoms with Gasteiger partial charge >= 0.3 is 17.8 Å². The van der Waals surface area contributed by atoms with Crippen LogP contribution in [0.3, 0.4) is 0 Å². The molecule has 2 heterocycles. The smallest absolute Gasteiger partial charge is 0.326 e. The molecule has 0 radical (unpaired) electrons. The molecule has 41 heavy (non-hydrogen) atoms. The molecule has 17 heteroatoms. The zero-order valence-electron chi connectivity index (χ0n) is 21.8. The zero-order valence-corrected chi connectivity index (χ0v) is 25.0. The van der Waals surface area contributed by atoms with Gasteiger partial charge in [0.2, 0.25) is 5.91 Å². The predicted molar refractivity (Wildman–Crippen MR) is 150 cm³/mol. The molecule has 0 fully saturated rings. The highest BCUT2D eigenvalue weighted by atomic mass is 35.5. The van der Waals surface area contributed by atoms with E-state index in [4.69, 9.17) is 11.6 Å². The summed E-state index contributed by atoms with van der Waals surface area (Å²) in [6, 6.07) is 5.33. The summed E-state index contributed by atoms with van der Waals surface area (Å²) in [7, 11) is -4.24. The van der Waals surface area contributed by atoms with Crippen molar-refractivity contribution in [3.05, 3.63) is 45.3 Å². The highest BCUT2D eigenvalue weighted by molar-refractivity contribution is 8.01. The summed E-state index contributed by atoms with van der Waals surface area (Å²) in [5.74, 6) is -4.84. The van der Waals surface area contributed by atoms with E-state index < -0.39 is 34.2 Å². The fraction of sp³-hybridized carbons (Fsp3) is 0.458. The van der Waals surface area contributed by atoms with Gasteiger partial charge in [-0.3, -0.25) is 14.1 Å². The second-order valence-electron chi connectivity index (χ2n) is 8.94. The number of fused-ring (bicyclic) bond motifs is 1. The Morgan fingerprint density at radius 1 is 1.10 bits per heavy atom. The Labute approximate surface area is 246 Å². The third-order valence-electron chi connectivity index (χ3n) is 5.88. The second kappa shape index (κ2) is 13.3. The quantitative estimate of drug-likeness (QED) is 0.0929. The van der Waals surface area contributed by atoms with Crippen molar-refractivity contribution in [2.75, 3.05) is 21.7 Å². The van der Waals surface area contributed by atoms with Crippen molar-refractivity contribution in [2.24, 2.45) is 0 Å². The first-order valence-electron chi connectivity index (χ1n) is 12.2. The molecular weight excluding hydrogens is 635 g/mol. The maximum atomic E-state index is 13.2. The first-order valence-corrected chi connectivity index (χ1v) is 16.0. The molecule has 0 unspecified atom stereocenters. The van der Waals surface area contributed by atoms with E-state index >= 15 is 0 Å². The number of rotatable bonds is 13. The van der Waals surface area contributed by atoms with Crippen LogP contribution in [0.4, 0.5) is 33.5 Å². The normalized spacial score (nSPS) is 12.6. The Morgan fingerprint density at radius 3 is 2.37 bits per heavy atom. The van der Waals surface area contributed by atoms with Gasteiger partial charge in [0.15, 0.2) is 5.82 Å². The standard InChI is InChI=1S/C24H26ClF5N4O4S3/c1-14-15(2)40-21(39-13-4-3-11-23(26,27)24(28,29)30)19-20(32-22(36)34(14)19)33-41(37,38)17-9-7-16(8-10-17)31-18(35)6-5-12-25/h7-10H,3-6,11-13H2,1-2H3,(H,31,35)(H,32,33,36). The van der Waals surface area contributed by atoms with Crippen LogP contribution in [0.5, 0.6) is 0 Å². The fourth-order valence-electron chi connectivity index (χ4n) is 3.60. The summed E-state index contributed by atoms with van der Waals surface area (Å²) in [6.45, 7) is 3.38. The molecule has 226 valence electrons. The van der Waals surface area contributed by atoms with Crippen molar-refractivity contribution in [2.45, 2.75) is 67.2 Å². The maximum Gasteiger partial charge on any atom is 0.453 e. The summed E-state index contributed by atoms with van der Waals surface area (Å²) in [4.78, 5) is 29.0. The molecule has 0 spiro atoms. The summed E-state index contributed by atoms with van der Waals surface area (Å²) in [6.07, 6.45) is -6.64. The van der Waals surface area contributed by atoms with Crippen LogP contribution >= 0.6 is 34.7 Å². The lowest BCUT2D eigenvalue weighted by Crippen LogP contribution is -2.36.